The standard InChI is InChI=1S/C16H22N2O2.ClH/c1-11(17)12-4-6-18(7-5-12)16(19)13-2-3-14-9-20-10-15(14)8-13;/h2-3,8,11-12H,4-7,9-10,17H2,1H3;1H. The van der Waals surface area contributed by atoms with E-state index in [0.717, 1.165) is 37.1 Å². The lowest BCUT2D eigenvalue weighted by atomic mass is 9.90. The van der Waals surface area contributed by atoms with Crippen LogP contribution in [0.25, 0.3) is 0 Å². The van der Waals surface area contributed by atoms with Crippen LogP contribution in [0, 0.1) is 5.92 Å². The van der Waals surface area contributed by atoms with Crippen LogP contribution in [-0.2, 0) is 18.0 Å². The summed E-state index contributed by atoms with van der Waals surface area (Å²) < 4.78 is 5.40. The number of ether oxygens (including phenoxy) is 1. The Bertz CT molecular complexity index is 511. The Kier molecular flexibility index (Phi) is 5.25. The van der Waals surface area contributed by atoms with E-state index in [1.165, 1.54) is 5.56 Å². The molecule has 5 heteroatoms. The van der Waals surface area contributed by atoms with Gasteiger partial charge in [0.1, 0.15) is 0 Å². The highest BCUT2D eigenvalue weighted by Crippen LogP contribution is 2.24. The molecule has 116 valence electrons. The van der Waals surface area contributed by atoms with Gasteiger partial charge in [-0.2, -0.15) is 0 Å². The lowest BCUT2D eigenvalue weighted by Gasteiger charge is -2.33. The van der Waals surface area contributed by atoms with Crippen molar-refractivity contribution in [3.8, 4) is 0 Å². The van der Waals surface area contributed by atoms with Gasteiger partial charge in [0.25, 0.3) is 5.91 Å². The van der Waals surface area contributed by atoms with Gasteiger partial charge in [-0.3, -0.25) is 4.79 Å². The minimum atomic E-state index is 0. The molecule has 0 bridgehead atoms. The third kappa shape index (κ3) is 3.39. The second-order valence-electron chi connectivity index (χ2n) is 5.97. The lowest BCUT2D eigenvalue weighted by Crippen LogP contribution is -2.42. The van der Waals surface area contributed by atoms with Crippen molar-refractivity contribution in [1.82, 2.24) is 4.90 Å². The van der Waals surface area contributed by atoms with Crippen LogP contribution in [-0.4, -0.2) is 29.9 Å². The third-order valence-corrected chi connectivity index (χ3v) is 4.54. The molecule has 0 aromatic heterocycles. The molecule has 1 atom stereocenters. The van der Waals surface area contributed by atoms with Crippen LogP contribution >= 0.6 is 12.4 Å². The minimum absolute atomic E-state index is 0. The number of nitrogens with zero attached hydrogens (tertiary/aromatic N) is 1. The van der Waals surface area contributed by atoms with Gasteiger partial charge in [0, 0.05) is 24.7 Å². The summed E-state index contributed by atoms with van der Waals surface area (Å²) in [6.07, 6.45) is 2.02. The quantitative estimate of drug-likeness (QED) is 0.912. The second-order valence-corrected chi connectivity index (χ2v) is 5.97. The highest BCUT2D eigenvalue weighted by molar-refractivity contribution is 5.94. The number of likely N-dealkylation sites (tertiary alicyclic amines) is 1. The number of rotatable bonds is 2. The van der Waals surface area contributed by atoms with E-state index in [2.05, 4.69) is 6.92 Å². The number of amides is 1. The monoisotopic (exact) mass is 310 g/mol. The molecule has 1 aromatic rings. The smallest absolute Gasteiger partial charge is 0.253 e. The van der Waals surface area contributed by atoms with Crippen LogP contribution in [0.5, 0.6) is 0 Å². The molecule has 1 amide bonds. The summed E-state index contributed by atoms with van der Waals surface area (Å²) in [7, 11) is 0. The van der Waals surface area contributed by atoms with Crippen molar-refractivity contribution in [2.75, 3.05) is 13.1 Å². The van der Waals surface area contributed by atoms with Gasteiger partial charge >= 0.3 is 0 Å². The van der Waals surface area contributed by atoms with E-state index in [1.54, 1.807) is 0 Å². The van der Waals surface area contributed by atoms with E-state index >= 15 is 0 Å². The fraction of sp³-hybridized carbons (Fsp3) is 0.562. The first kappa shape index (κ1) is 16.3. The van der Waals surface area contributed by atoms with Crippen LogP contribution < -0.4 is 5.73 Å². The van der Waals surface area contributed by atoms with Crippen molar-refractivity contribution >= 4 is 18.3 Å². The largest absolute Gasteiger partial charge is 0.372 e. The van der Waals surface area contributed by atoms with E-state index in [1.807, 2.05) is 23.1 Å². The second kappa shape index (κ2) is 6.77. The first-order valence-electron chi connectivity index (χ1n) is 7.39. The maximum absolute atomic E-state index is 12.5. The Morgan fingerprint density at radius 1 is 1.29 bits per heavy atom. The molecule has 21 heavy (non-hydrogen) atoms. The third-order valence-electron chi connectivity index (χ3n) is 4.54. The van der Waals surface area contributed by atoms with E-state index in [-0.39, 0.29) is 24.4 Å². The van der Waals surface area contributed by atoms with Crippen molar-refractivity contribution in [1.29, 1.82) is 0 Å². The lowest BCUT2D eigenvalue weighted by molar-refractivity contribution is 0.0681. The maximum atomic E-state index is 12.5. The molecule has 0 aliphatic carbocycles. The van der Waals surface area contributed by atoms with Crippen molar-refractivity contribution in [3.63, 3.8) is 0 Å². The maximum Gasteiger partial charge on any atom is 0.253 e. The van der Waals surface area contributed by atoms with E-state index in [4.69, 9.17) is 10.5 Å². The van der Waals surface area contributed by atoms with Gasteiger partial charge in [-0.25, -0.2) is 0 Å². The summed E-state index contributed by atoms with van der Waals surface area (Å²) in [5.41, 5.74) is 9.09. The van der Waals surface area contributed by atoms with Crippen LogP contribution in [0.1, 0.15) is 41.3 Å². The number of hydrogen-bond acceptors (Lipinski definition) is 3. The molecular weight excluding hydrogens is 288 g/mol. The number of piperidine rings is 1. The van der Waals surface area contributed by atoms with Gasteiger partial charge in [-0.1, -0.05) is 6.07 Å². The first-order chi connectivity index (χ1) is 9.65. The Balaban J connectivity index is 0.00000161. The Hall–Kier alpha value is -1.10. The molecular formula is C16H23ClN2O2. The SMILES string of the molecule is CC(N)C1CCN(C(=O)c2ccc3c(c2)COC3)CC1.Cl. The molecule has 2 aliphatic heterocycles. The summed E-state index contributed by atoms with van der Waals surface area (Å²) in [4.78, 5) is 14.5. The van der Waals surface area contributed by atoms with Crippen molar-refractivity contribution in [3.05, 3.63) is 34.9 Å². The Morgan fingerprint density at radius 3 is 2.62 bits per heavy atom. The first-order valence-corrected chi connectivity index (χ1v) is 7.39. The van der Waals surface area contributed by atoms with Crippen LogP contribution in [0.3, 0.4) is 0 Å². The number of carbonyl (C=O) groups excluding carboxylic acids is 1. The molecule has 0 saturated carbocycles. The molecule has 1 unspecified atom stereocenters. The number of fused-ring (bicyclic) bond motifs is 1. The average Bonchev–Trinajstić information content (AvgIpc) is 2.94. The zero-order chi connectivity index (χ0) is 14.1. The molecule has 1 aromatic carbocycles. The zero-order valence-corrected chi connectivity index (χ0v) is 13.2. The average molecular weight is 311 g/mol. The zero-order valence-electron chi connectivity index (χ0n) is 12.4. The summed E-state index contributed by atoms with van der Waals surface area (Å²) in [5, 5.41) is 0. The van der Waals surface area contributed by atoms with Crippen molar-refractivity contribution in [2.24, 2.45) is 11.7 Å². The van der Waals surface area contributed by atoms with Crippen LogP contribution in [0.2, 0.25) is 0 Å². The predicted octanol–water partition coefficient (Wildman–Crippen LogP) is 2.34. The number of nitrogens with two attached hydrogens (primary N) is 1. The fourth-order valence-electron chi connectivity index (χ4n) is 3.12. The summed E-state index contributed by atoms with van der Waals surface area (Å²) in [6.45, 7) is 4.99. The van der Waals surface area contributed by atoms with Crippen LogP contribution in [0.15, 0.2) is 18.2 Å². The highest BCUT2D eigenvalue weighted by Gasteiger charge is 2.26. The molecule has 3 rings (SSSR count). The molecule has 0 spiro atoms. The van der Waals surface area contributed by atoms with E-state index < -0.39 is 0 Å². The molecule has 0 radical (unpaired) electrons. The molecule has 1 fully saturated rings. The number of benzene rings is 1. The van der Waals surface area contributed by atoms with Gasteiger partial charge < -0.3 is 15.4 Å². The summed E-state index contributed by atoms with van der Waals surface area (Å²) >= 11 is 0. The minimum Gasteiger partial charge on any atom is -0.372 e. The normalized spacial score (nSPS) is 19.8. The van der Waals surface area contributed by atoms with Crippen molar-refractivity contribution < 1.29 is 9.53 Å². The summed E-state index contributed by atoms with van der Waals surface area (Å²) in [5.74, 6) is 0.690. The molecule has 2 heterocycles. The molecule has 4 nitrogen and oxygen atoms in total. The number of hydrogen-bond donors (Lipinski definition) is 1. The van der Waals surface area contributed by atoms with Gasteiger partial charge in [0.15, 0.2) is 0 Å². The molecule has 1 saturated heterocycles. The summed E-state index contributed by atoms with van der Waals surface area (Å²) in [6, 6.07) is 6.16. The number of carbonyl (C=O) groups is 1. The Labute approximate surface area is 132 Å². The van der Waals surface area contributed by atoms with Gasteiger partial charge in [-0.15, -0.1) is 12.4 Å². The number of halogens is 1. The predicted molar refractivity (Wildman–Crippen MR) is 84.5 cm³/mol. The Morgan fingerprint density at radius 2 is 1.95 bits per heavy atom. The topological polar surface area (TPSA) is 55.6 Å². The van der Waals surface area contributed by atoms with Gasteiger partial charge in [0.05, 0.1) is 13.2 Å². The van der Waals surface area contributed by atoms with Gasteiger partial charge in [0.2, 0.25) is 0 Å². The van der Waals surface area contributed by atoms with Gasteiger partial charge in [-0.05, 0) is 48.9 Å². The molecule has 2 N–H and O–H groups in total. The van der Waals surface area contributed by atoms with Crippen molar-refractivity contribution in [2.45, 2.75) is 39.0 Å². The fourth-order valence-corrected chi connectivity index (χ4v) is 3.12. The van der Waals surface area contributed by atoms with E-state index in [9.17, 15) is 4.79 Å². The van der Waals surface area contributed by atoms with Crippen LogP contribution in [0.4, 0.5) is 0 Å². The molecule has 2 aliphatic rings. The highest BCUT2D eigenvalue weighted by atomic mass is 35.5. The van der Waals surface area contributed by atoms with E-state index in [0.29, 0.717) is 19.1 Å².